The normalized spacial score (nSPS) is 14.7. The number of amides is 2. The largest absolute Gasteiger partial charge is 0.493 e. The Kier molecular flexibility index (Phi) is 18.4. The number of hydrogen-bond acceptors (Lipinski definition) is 7. The van der Waals surface area contributed by atoms with Crippen molar-refractivity contribution in [3.63, 3.8) is 0 Å². The summed E-state index contributed by atoms with van der Waals surface area (Å²) in [6.45, 7) is 26.9. The van der Waals surface area contributed by atoms with Gasteiger partial charge < -0.3 is 34.0 Å². The maximum Gasteiger partial charge on any atom is 0.407 e. The highest BCUT2D eigenvalue weighted by atomic mass is 28.4. The highest BCUT2D eigenvalue weighted by Crippen LogP contribution is 2.40. The standard InChI is InChI=1S/C43H72N2O7Si/c1-30(2)34(25-33-21-22-37(49-12)39(26-33)50-24-18-23-48-11)27-36(45-41(47)51-42(5,6)7)38(52-53(13,14)43(8,9)10)28-35(31(3)4)40(46)44-29-32-19-16-15-17-20-32/h15-17,19-22,26,30-31,34-36,38H,18,23-25,27-29H2,1-14H3,(H,44,46)(H,45,47)/t34-,35-,36-,38-/m0/s1. The molecule has 0 saturated carbocycles. The summed E-state index contributed by atoms with van der Waals surface area (Å²) in [7, 11) is 0.944. The Morgan fingerprint density at radius 2 is 1.47 bits per heavy atom. The predicted octanol–water partition coefficient (Wildman–Crippen LogP) is 9.58. The van der Waals surface area contributed by atoms with E-state index in [0.717, 1.165) is 24.0 Å². The average molecular weight is 757 g/mol. The number of carbonyl (C=O) groups excluding carboxylic acids is 2. The number of nitrogens with one attached hydrogen (secondary N) is 2. The highest BCUT2D eigenvalue weighted by Gasteiger charge is 2.43. The fourth-order valence-electron chi connectivity index (χ4n) is 6.03. The van der Waals surface area contributed by atoms with E-state index in [2.05, 4.69) is 84.3 Å². The molecule has 2 amide bonds. The van der Waals surface area contributed by atoms with Crippen LogP contribution >= 0.6 is 0 Å². The molecule has 2 rings (SSSR count). The zero-order valence-electron chi connectivity index (χ0n) is 35.4. The van der Waals surface area contributed by atoms with Gasteiger partial charge in [-0.3, -0.25) is 4.79 Å². The van der Waals surface area contributed by atoms with Gasteiger partial charge >= 0.3 is 6.09 Å². The first kappa shape index (κ1) is 46.1. The first-order chi connectivity index (χ1) is 24.7. The second-order valence-electron chi connectivity index (χ2n) is 17.6. The Labute approximate surface area is 322 Å². The summed E-state index contributed by atoms with van der Waals surface area (Å²) in [6.07, 6.45) is 1.68. The summed E-state index contributed by atoms with van der Waals surface area (Å²) in [5.74, 6) is 1.50. The van der Waals surface area contributed by atoms with E-state index in [1.807, 2.05) is 57.2 Å². The van der Waals surface area contributed by atoms with Crippen LogP contribution in [0, 0.1) is 23.7 Å². The minimum absolute atomic E-state index is 0.0135. The van der Waals surface area contributed by atoms with Crippen molar-refractivity contribution in [2.24, 2.45) is 23.7 Å². The number of ether oxygens (including phenoxy) is 4. The lowest BCUT2D eigenvalue weighted by molar-refractivity contribution is -0.127. The molecule has 2 aromatic carbocycles. The molecule has 0 saturated heterocycles. The topological polar surface area (TPSA) is 104 Å². The first-order valence-electron chi connectivity index (χ1n) is 19.4. The van der Waals surface area contributed by atoms with Crippen molar-refractivity contribution in [1.29, 1.82) is 0 Å². The fourth-order valence-corrected chi connectivity index (χ4v) is 7.40. The van der Waals surface area contributed by atoms with Crippen LogP contribution in [0.25, 0.3) is 0 Å². The molecule has 0 unspecified atom stereocenters. The minimum Gasteiger partial charge on any atom is -0.493 e. The predicted molar refractivity (Wildman–Crippen MR) is 218 cm³/mol. The molecule has 2 N–H and O–H groups in total. The van der Waals surface area contributed by atoms with Gasteiger partial charge in [-0.2, -0.15) is 0 Å². The Bertz CT molecular complexity index is 1390. The van der Waals surface area contributed by atoms with Gasteiger partial charge in [0.2, 0.25) is 5.91 Å². The third-order valence-electron chi connectivity index (χ3n) is 10.3. The van der Waals surface area contributed by atoms with Crippen molar-refractivity contribution in [1.82, 2.24) is 10.6 Å². The third-order valence-corrected chi connectivity index (χ3v) is 14.8. The van der Waals surface area contributed by atoms with Gasteiger partial charge in [-0.1, -0.05) is 84.9 Å². The lowest BCUT2D eigenvalue weighted by atomic mass is 9.80. The van der Waals surface area contributed by atoms with Crippen LogP contribution < -0.4 is 20.1 Å². The van der Waals surface area contributed by atoms with Crippen LogP contribution in [0.3, 0.4) is 0 Å². The van der Waals surface area contributed by atoms with E-state index >= 15 is 0 Å². The lowest BCUT2D eigenvalue weighted by Gasteiger charge is -2.43. The van der Waals surface area contributed by atoms with Gasteiger partial charge in [0.1, 0.15) is 5.60 Å². The molecule has 0 radical (unpaired) electrons. The Morgan fingerprint density at radius 3 is 2.02 bits per heavy atom. The van der Waals surface area contributed by atoms with Gasteiger partial charge in [0.05, 0.1) is 25.9 Å². The molecule has 0 spiro atoms. The fraction of sp³-hybridized carbons (Fsp3) is 0.674. The molecular formula is C43H72N2O7Si. The van der Waals surface area contributed by atoms with Gasteiger partial charge in [-0.05, 0) is 99.2 Å². The number of hydrogen-bond donors (Lipinski definition) is 2. The molecule has 2 aromatic rings. The van der Waals surface area contributed by atoms with E-state index in [4.69, 9.17) is 23.4 Å². The molecule has 0 aliphatic carbocycles. The van der Waals surface area contributed by atoms with Crippen molar-refractivity contribution in [3.8, 4) is 11.5 Å². The van der Waals surface area contributed by atoms with Crippen LogP contribution in [0.15, 0.2) is 48.5 Å². The monoisotopic (exact) mass is 757 g/mol. The Morgan fingerprint density at radius 1 is 0.811 bits per heavy atom. The quantitative estimate of drug-likeness (QED) is 0.0966. The molecule has 53 heavy (non-hydrogen) atoms. The summed E-state index contributed by atoms with van der Waals surface area (Å²) >= 11 is 0. The van der Waals surface area contributed by atoms with Gasteiger partial charge in [-0.15, -0.1) is 0 Å². The molecule has 10 heteroatoms. The molecular weight excluding hydrogens is 685 g/mol. The van der Waals surface area contributed by atoms with Crippen molar-refractivity contribution in [2.75, 3.05) is 27.4 Å². The van der Waals surface area contributed by atoms with Gasteiger partial charge in [-0.25, -0.2) is 4.79 Å². The van der Waals surface area contributed by atoms with Crippen LogP contribution in [0.2, 0.25) is 18.1 Å². The zero-order chi connectivity index (χ0) is 40.0. The zero-order valence-corrected chi connectivity index (χ0v) is 36.4. The Balaban J connectivity index is 2.56. The van der Waals surface area contributed by atoms with Gasteiger partial charge in [0.15, 0.2) is 19.8 Å². The lowest BCUT2D eigenvalue weighted by Crippen LogP contribution is -2.54. The van der Waals surface area contributed by atoms with Crippen molar-refractivity contribution in [3.05, 3.63) is 59.7 Å². The second-order valence-corrected chi connectivity index (χ2v) is 22.3. The van der Waals surface area contributed by atoms with Crippen LogP contribution in [0.5, 0.6) is 11.5 Å². The Hall–Kier alpha value is -3.08. The van der Waals surface area contributed by atoms with E-state index in [1.54, 1.807) is 14.2 Å². The molecule has 0 aliphatic rings. The summed E-state index contributed by atoms with van der Waals surface area (Å²) in [5, 5.41) is 6.38. The van der Waals surface area contributed by atoms with E-state index < -0.39 is 32.2 Å². The SMILES string of the molecule is COCCCOc1cc(C[C@@H](C[C@H](NC(=O)OC(C)(C)C)[C@H](C[C@H](C(=O)NCc2ccccc2)C(C)C)O[Si](C)(C)C(C)(C)C)C(C)C)ccc1OC. The van der Waals surface area contributed by atoms with Crippen molar-refractivity contribution < 1.29 is 33.0 Å². The third kappa shape index (κ3) is 16.0. The number of carbonyl (C=O) groups is 2. The van der Waals surface area contributed by atoms with E-state index in [-0.39, 0.29) is 34.6 Å². The maximum absolute atomic E-state index is 14.0. The molecule has 9 nitrogen and oxygen atoms in total. The number of rotatable bonds is 21. The van der Waals surface area contributed by atoms with Crippen LogP contribution in [0.4, 0.5) is 4.79 Å². The van der Waals surface area contributed by atoms with Gasteiger partial charge in [0, 0.05) is 32.6 Å². The molecule has 0 bridgehead atoms. The average Bonchev–Trinajstić information content (AvgIpc) is 3.05. The van der Waals surface area contributed by atoms with Crippen molar-refractivity contribution >= 4 is 20.3 Å². The summed E-state index contributed by atoms with van der Waals surface area (Å²) in [6, 6.07) is 15.6. The molecule has 0 aliphatic heterocycles. The molecule has 0 heterocycles. The smallest absolute Gasteiger partial charge is 0.407 e. The van der Waals surface area contributed by atoms with E-state index in [9.17, 15) is 9.59 Å². The summed E-state index contributed by atoms with van der Waals surface area (Å²) in [4.78, 5) is 27.6. The van der Waals surface area contributed by atoms with Gasteiger partial charge in [0.25, 0.3) is 0 Å². The molecule has 300 valence electrons. The number of methoxy groups -OCH3 is 2. The van der Waals surface area contributed by atoms with E-state index in [1.165, 1.54) is 0 Å². The molecule has 0 fully saturated rings. The summed E-state index contributed by atoms with van der Waals surface area (Å²) in [5.41, 5.74) is 1.48. The van der Waals surface area contributed by atoms with Crippen molar-refractivity contribution in [2.45, 2.75) is 137 Å². The minimum atomic E-state index is -2.39. The van der Waals surface area contributed by atoms with Crippen LogP contribution in [-0.2, 0) is 31.7 Å². The second kappa shape index (κ2) is 21.1. The number of alkyl carbamates (subject to hydrolysis) is 1. The number of benzene rings is 2. The van der Waals surface area contributed by atoms with E-state index in [0.29, 0.717) is 44.1 Å². The summed E-state index contributed by atoms with van der Waals surface area (Å²) < 4.78 is 30.1. The highest BCUT2D eigenvalue weighted by molar-refractivity contribution is 6.74. The molecule has 4 atom stereocenters. The molecule has 0 aromatic heterocycles. The first-order valence-corrected chi connectivity index (χ1v) is 22.4. The maximum atomic E-state index is 14.0. The van der Waals surface area contributed by atoms with Crippen LogP contribution in [0.1, 0.15) is 99.6 Å². The van der Waals surface area contributed by atoms with Crippen LogP contribution in [-0.4, -0.2) is 65.5 Å².